The van der Waals surface area contributed by atoms with E-state index in [2.05, 4.69) is 5.32 Å². The van der Waals surface area contributed by atoms with E-state index < -0.39 is 0 Å². The van der Waals surface area contributed by atoms with Crippen molar-refractivity contribution < 1.29 is 9.90 Å². The van der Waals surface area contributed by atoms with Crippen LogP contribution in [0.2, 0.25) is 0 Å². The van der Waals surface area contributed by atoms with Crippen LogP contribution in [0.25, 0.3) is 0 Å². The Morgan fingerprint density at radius 2 is 2.31 bits per heavy atom. The van der Waals surface area contributed by atoms with Gasteiger partial charge in [0.1, 0.15) is 5.75 Å². The number of hydrogen-bond donors (Lipinski definition) is 3. The molecule has 0 saturated heterocycles. The third kappa shape index (κ3) is 1.65. The standard InChI is InChI=1S/C12H16N2O2/c1-6-5-10(14-7(2)15)12(16)11-8(6)3-4-9(11)13/h5,9,16H,3-4,13H2,1-2H3,(H,14,15). The summed E-state index contributed by atoms with van der Waals surface area (Å²) >= 11 is 0. The third-order valence-electron chi connectivity index (χ3n) is 3.06. The second-order valence-corrected chi connectivity index (χ2v) is 4.31. The molecule has 1 aliphatic rings. The van der Waals surface area contributed by atoms with Crippen molar-refractivity contribution in [1.29, 1.82) is 0 Å². The first-order chi connectivity index (χ1) is 7.50. The summed E-state index contributed by atoms with van der Waals surface area (Å²) < 4.78 is 0. The molecule has 1 aromatic carbocycles. The van der Waals surface area contributed by atoms with Gasteiger partial charge in [-0.1, -0.05) is 0 Å². The van der Waals surface area contributed by atoms with Crippen LogP contribution in [0.15, 0.2) is 6.07 Å². The van der Waals surface area contributed by atoms with Crippen molar-refractivity contribution in [1.82, 2.24) is 0 Å². The van der Waals surface area contributed by atoms with E-state index >= 15 is 0 Å². The maximum Gasteiger partial charge on any atom is 0.221 e. The molecule has 0 saturated carbocycles. The Bertz CT molecular complexity index is 455. The summed E-state index contributed by atoms with van der Waals surface area (Å²) in [7, 11) is 0. The first-order valence-electron chi connectivity index (χ1n) is 5.39. The number of benzene rings is 1. The highest BCUT2D eigenvalue weighted by Gasteiger charge is 2.26. The summed E-state index contributed by atoms with van der Waals surface area (Å²) in [5, 5.41) is 12.7. The fourth-order valence-corrected chi connectivity index (χ4v) is 2.33. The molecule has 86 valence electrons. The number of aryl methyl sites for hydroxylation is 1. The molecule has 1 unspecified atom stereocenters. The molecule has 1 aromatic rings. The second-order valence-electron chi connectivity index (χ2n) is 4.31. The molecule has 4 N–H and O–H groups in total. The van der Waals surface area contributed by atoms with Crippen molar-refractivity contribution >= 4 is 11.6 Å². The number of carbonyl (C=O) groups is 1. The molecule has 4 heteroatoms. The summed E-state index contributed by atoms with van der Waals surface area (Å²) in [6.45, 7) is 3.39. The molecule has 0 aliphatic heterocycles. The van der Waals surface area contributed by atoms with Crippen LogP contribution in [0.5, 0.6) is 5.75 Å². The third-order valence-corrected chi connectivity index (χ3v) is 3.06. The summed E-state index contributed by atoms with van der Waals surface area (Å²) in [6, 6.07) is 1.68. The molecule has 2 rings (SSSR count). The van der Waals surface area contributed by atoms with E-state index in [9.17, 15) is 9.90 Å². The lowest BCUT2D eigenvalue weighted by Gasteiger charge is -2.14. The van der Waals surface area contributed by atoms with Gasteiger partial charge in [-0.15, -0.1) is 0 Å². The predicted octanol–water partition coefficient (Wildman–Crippen LogP) is 1.61. The van der Waals surface area contributed by atoms with Crippen molar-refractivity contribution in [3.05, 3.63) is 22.8 Å². The Labute approximate surface area is 94.5 Å². The molecule has 16 heavy (non-hydrogen) atoms. The minimum atomic E-state index is -0.193. The number of nitrogens with one attached hydrogen (secondary N) is 1. The molecule has 0 aromatic heterocycles. The van der Waals surface area contributed by atoms with E-state index in [0.29, 0.717) is 5.69 Å². The van der Waals surface area contributed by atoms with Gasteiger partial charge in [-0.2, -0.15) is 0 Å². The molecule has 1 amide bonds. The van der Waals surface area contributed by atoms with Crippen LogP contribution < -0.4 is 11.1 Å². The Morgan fingerprint density at radius 1 is 1.62 bits per heavy atom. The second kappa shape index (κ2) is 3.79. The maximum absolute atomic E-state index is 11.0. The molecule has 1 atom stereocenters. The summed E-state index contributed by atoms with van der Waals surface area (Å²) in [5.74, 6) is -0.0676. The number of carbonyl (C=O) groups excluding carboxylic acids is 1. The van der Waals surface area contributed by atoms with Crippen LogP contribution in [0, 0.1) is 6.92 Å². The number of amides is 1. The number of rotatable bonds is 1. The predicted molar refractivity (Wildman–Crippen MR) is 62.4 cm³/mol. The number of nitrogens with two attached hydrogens (primary N) is 1. The van der Waals surface area contributed by atoms with Crippen LogP contribution in [-0.2, 0) is 11.2 Å². The smallest absolute Gasteiger partial charge is 0.221 e. The topological polar surface area (TPSA) is 75.3 Å². The zero-order valence-corrected chi connectivity index (χ0v) is 9.50. The van der Waals surface area contributed by atoms with Gasteiger partial charge < -0.3 is 16.2 Å². The number of aromatic hydroxyl groups is 1. The lowest BCUT2D eigenvalue weighted by atomic mass is 10.0. The fourth-order valence-electron chi connectivity index (χ4n) is 2.33. The normalized spacial score (nSPS) is 18.3. The zero-order chi connectivity index (χ0) is 11.9. The van der Waals surface area contributed by atoms with Crippen molar-refractivity contribution in [3.8, 4) is 5.75 Å². The molecular weight excluding hydrogens is 204 g/mol. The van der Waals surface area contributed by atoms with Gasteiger partial charge in [-0.3, -0.25) is 4.79 Å². The number of anilines is 1. The maximum atomic E-state index is 11.0. The van der Waals surface area contributed by atoms with E-state index in [-0.39, 0.29) is 17.7 Å². The van der Waals surface area contributed by atoms with Crippen molar-refractivity contribution in [3.63, 3.8) is 0 Å². The molecule has 1 aliphatic carbocycles. The van der Waals surface area contributed by atoms with E-state index in [4.69, 9.17) is 5.73 Å². The van der Waals surface area contributed by atoms with E-state index in [0.717, 1.165) is 29.5 Å². The molecule has 0 bridgehead atoms. The van der Waals surface area contributed by atoms with Crippen LogP contribution in [-0.4, -0.2) is 11.0 Å². The average molecular weight is 220 g/mol. The summed E-state index contributed by atoms with van der Waals surface area (Å²) in [6.07, 6.45) is 1.75. The lowest BCUT2D eigenvalue weighted by molar-refractivity contribution is -0.114. The highest BCUT2D eigenvalue weighted by Crippen LogP contribution is 2.42. The summed E-state index contributed by atoms with van der Waals surface area (Å²) in [5.41, 5.74) is 9.40. The van der Waals surface area contributed by atoms with Crippen molar-refractivity contribution in [2.24, 2.45) is 5.73 Å². The van der Waals surface area contributed by atoms with Gasteiger partial charge >= 0.3 is 0 Å². The van der Waals surface area contributed by atoms with Gasteiger partial charge in [0, 0.05) is 18.5 Å². The zero-order valence-electron chi connectivity index (χ0n) is 9.50. The van der Waals surface area contributed by atoms with Crippen LogP contribution in [0.1, 0.15) is 36.1 Å². The largest absolute Gasteiger partial charge is 0.505 e. The Kier molecular flexibility index (Phi) is 2.59. The van der Waals surface area contributed by atoms with Gasteiger partial charge in [0.05, 0.1) is 5.69 Å². The van der Waals surface area contributed by atoms with Gasteiger partial charge in [-0.25, -0.2) is 0 Å². The van der Waals surface area contributed by atoms with Crippen LogP contribution in [0.3, 0.4) is 0 Å². The number of phenolic OH excluding ortho intramolecular Hbond substituents is 1. The molecular formula is C12H16N2O2. The fraction of sp³-hybridized carbons (Fsp3) is 0.417. The Hall–Kier alpha value is -1.55. The van der Waals surface area contributed by atoms with E-state index in [1.165, 1.54) is 6.92 Å². The minimum Gasteiger partial charge on any atom is -0.505 e. The number of phenols is 1. The molecule has 0 radical (unpaired) electrons. The average Bonchev–Trinajstić information content (AvgIpc) is 2.56. The van der Waals surface area contributed by atoms with Crippen molar-refractivity contribution in [2.75, 3.05) is 5.32 Å². The minimum absolute atomic E-state index is 0.123. The monoisotopic (exact) mass is 220 g/mol. The SMILES string of the molecule is CC(=O)Nc1cc(C)c2c(c1O)C(N)CC2. The number of hydrogen-bond acceptors (Lipinski definition) is 3. The van der Waals surface area contributed by atoms with Gasteiger partial charge in [0.25, 0.3) is 0 Å². The highest BCUT2D eigenvalue weighted by molar-refractivity contribution is 5.91. The molecule has 0 fully saturated rings. The molecule has 0 heterocycles. The Morgan fingerprint density at radius 3 is 2.94 bits per heavy atom. The van der Waals surface area contributed by atoms with Gasteiger partial charge in [0.15, 0.2) is 0 Å². The highest BCUT2D eigenvalue weighted by atomic mass is 16.3. The first kappa shape index (κ1) is 11.0. The molecule has 4 nitrogen and oxygen atoms in total. The first-order valence-corrected chi connectivity index (χ1v) is 5.39. The van der Waals surface area contributed by atoms with Gasteiger partial charge in [-0.05, 0) is 37.0 Å². The van der Waals surface area contributed by atoms with Crippen LogP contribution in [0.4, 0.5) is 5.69 Å². The number of fused-ring (bicyclic) bond motifs is 1. The van der Waals surface area contributed by atoms with E-state index in [1.807, 2.05) is 6.92 Å². The van der Waals surface area contributed by atoms with E-state index in [1.54, 1.807) is 6.07 Å². The lowest BCUT2D eigenvalue weighted by Crippen LogP contribution is -2.10. The quantitative estimate of drug-likeness (QED) is 0.629. The van der Waals surface area contributed by atoms with Crippen molar-refractivity contribution in [2.45, 2.75) is 32.7 Å². The summed E-state index contributed by atoms with van der Waals surface area (Å²) in [4.78, 5) is 11.0. The van der Waals surface area contributed by atoms with Crippen LogP contribution >= 0.6 is 0 Å². The van der Waals surface area contributed by atoms with Gasteiger partial charge in [0.2, 0.25) is 5.91 Å². The molecule has 0 spiro atoms. The Balaban J connectivity index is 2.54.